The van der Waals surface area contributed by atoms with Gasteiger partial charge in [0.25, 0.3) is 5.91 Å². The third-order valence-electron chi connectivity index (χ3n) is 4.54. The van der Waals surface area contributed by atoms with Gasteiger partial charge in [-0.1, -0.05) is 33.6 Å². The van der Waals surface area contributed by atoms with E-state index in [1.165, 1.54) is 0 Å². The lowest BCUT2D eigenvalue weighted by Gasteiger charge is -2.31. The standard InChI is InChI=1S/C19H21BrClN3O/c20-15-4-5-18(21)17(11-15)19(25)23-12-14-6-9-24(10-7-14)13-16-3-1-2-8-22-16/h1-5,8,11,14H,6-7,9-10,12-13H2,(H,23,25). The van der Waals surface area contributed by atoms with E-state index >= 15 is 0 Å². The summed E-state index contributed by atoms with van der Waals surface area (Å²) < 4.78 is 0.852. The number of amides is 1. The average molecular weight is 423 g/mol. The van der Waals surface area contributed by atoms with E-state index in [0.29, 0.717) is 23.0 Å². The molecule has 0 radical (unpaired) electrons. The number of carbonyl (C=O) groups excluding carboxylic acids is 1. The SMILES string of the molecule is O=C(NCC1CCN(Cc2ccccn2)CC1)c1cc(Br)ccc1Cl. The Bertz CT molecular complexity index is 718. The van der Waals surface area contributed by atoms with Gasteiger partial charge in [-0.05, 0) is 62.2 Å². The Morgan fingerprint density at radius 2 is 2.08 bits per heavy atom. The van der Waals surface area contributed by atoms with Crippen LogP contribution in [0.15, 0.2) is 47.1 Å². The Morgan fingerprint density at radius 3 is 2.80 bits per heavy atom. The van der Waals surface area contributed by atoms with E-state index in [4.69, 9.17) is 11.6 Å². The van der Waals surface area contributed by atoms with Crippen LogP contribution in [0.5, 0.6) is 0 Å². The summed E-state index contributed by atoms with van der Waals surface area (Å²) >= 11 is 9.49. The van der Waals surface area contributed by atoms with Gasteiger partial charge in [0.1, 0.15) is 0 Å². The molecule has 0 atom stereocenters. The number of aromatic nitrogens is 1. The van der Waals surface area contributed by atoms with Crippen molar-refractivity contribution in [1.29, 1.82) is 0 Å². The Hall–Kier alpha value is -1.43. The normalized spacial score (nSPS) is 15.9. The van der Waals surface area contributed by atoms with Crippen LogP contribution in [0.4, 0.5) is 0 Å². The Labute approximate surface area is 161 Å². The predicted molar refractivity (Wildman–Crippen MR) is 104 cm³/mol. The van der Waals surface area contributed by atoms with Gasteiger partial charge >= 0.3 is 0 Å². The van der Waals surface area contributed by atoms with Crippen LogP contribution < -0.4 is 5.32 Å². The molecule has 132 valence electrons. The highest BCUT2D eigenvalue weighted by Gasteiger charge is 2.20. The largest absolute Gasteiger partial charge is 0.352 e. The number of nitrogens with one attached hydrogen (secondary N) is 1. The van der Waals surface area contributed by atoms with Gasteiger partial charge in [-0.25, -0.2) is 0 Å². The van der Waals surface area contributed by atoms with E-state index in [9.17, 15) is 4.79 Å². The van der Waals surface area contributed by atoms with Crippen molar-refractivity contribution < 1.29 is 4.79 Å². The van der Waals surface area contributed by atoms with Crippen molar-refractivity contribution >= 4 is 33.4 Å². The number of pyridine rings is 1. The number of rotatable bonds is 5. The van der Waals surface area contributed by atoms with Crippen LogP contribution in [0.25, 0.3) is 0 Å². The number of nitrogens with zero attached hydrogens (tertiary/aromatic N) is 2. The fraction of sp³-hybridized carbons (Fsp3) is 0.368. The van der Waals surface area contributed by atoms with E-state index < -0.39 is 0 Å². The third kappa shape index (κ3) is 5.27. The molecular formula is C19H21BrClN3O. The zero-order valence-corrected chi connectivity index (χ0v) is 16.3. The van der Waals surface area contributed by atoms with Crippen LogP contribution in [0.1, 0.15) is 28.9 Å². The highest BCUT2D eigenvalue weighted by atomic mass is 79.9. The molecule has 1 amide bonds. The van der Waals surface area contributed by atoms with Crippen molar-refractivity contribution in [2.45, 2.75) is 19.4 Å². The van der Waals surface area contributed by atoms with E-state index in [-0.39, 0.29) is 5.91 Å². The first kappa shape index (κ1) is 18.4. The Morgan fingerprint density at radius 1 is 1.28 bits per heavy atom. The average Bonchev–Trinajstić information content (AvgIpc) is 2.64. The van der Waals surface area contributed by atoms with Crippen molar-refractivity contribution in [2.75, 3.05) is 19.6 Å². The van der Waals surface area contributed by atoms with Crippen molar-refractivity contribution in [3.8, 4) is 0 Å². The molecular weight excluding hydrogens is 402 g/mol. The number of piperidine rings is 1. The summed E-state index contributed by atoms with van der Waals surface area (Å²) in [5, 5.41) is 3.50. The number of halogens is 2. The second-order valence-corrected chi connectivity index (χ2v) is 7.70. The van der Waals surface area contributed by atoms with Crippen LogP contribution in [0.2, 0.25) is 5.02 Å². The van der Waals surface area contributed by atoms with Crippen molar-refractivity contribution in [1.82, 2.24) is 15.2 Å². The maximum absolute atomic E-state index is 12.3. The topological polar surface area (TPSA) is 45.2 Å². The molecule has 0 unspecified atom stereocenters. The molecule has 1 aliphatic rings. The maximum Gasteiger partial charge on any atom is 0.252 e. The summed E-state index contributed by atoms with van der Waals surface area (Å²) in [4.78, 5) is 19.1. The second-order valence-electron chi connectivity index (χ2n) is 6.37. The molecule has 0 bridgehead atoms. The summed E-state index contributed by atoms with van der Waals surface area (Å²) in [6.07, 6.45) is 4.00. The number of benzene rings is 1. The van der Waals surface area contributed by atoms with Gasteiger partial charge in [-0.3, -0.25) is 14.7 Å². The van der Waals surface area contributed by atoms with Gasteiger partial charge in [0, 0.05) is 23.8 Å². The zero-order chi connectivity index (χ0) is 17.6. The van der Waals surface area contributed by atoms with Gasteiger partial charge < -0.3 is 5.32 Å². The molecule has 25 heavy (non-hydrogen) atoms. The summed E-state index contributed by atoms with van der Waals surface area (Å²) in [7, 11) is 0. The molecule has 2 heterocycles. The quantitative estimate of drug-likeness (QED) is 0.787. The zero-order valence-electron chi connectivity index (χ0n) is 13.9. The molecule has 1 N–H and O–H groups in total. The molecule has 1 saturated heterocycles. The molecule has 1 fully saturated rings. The molecule has 6 heteroatoms. The Kier molecular flexibility index (Phi) is 6.45. The number of hydrogen-bond donors (Lipinski definition) is 1. The molecule has 2 aromatic rings. The van der Waals surface area contributed by atoms with Crippen LogP contribution >= 0.6 is 27.5 Å². The summed E-state index contributed by atoms with van der Waals surface area (Å²) in [5.41, 5.74) is 1.63. The van der Waals surface area contributed by atoms with Crippen LogP contribution in [-0.2, 0) is 6.54 Å². The lowest BCUT2D eigenvalue weighted by molar-refractivity contribution is 0.0935. The Balaban J connectivity index is 1.45. The molecule has 3 rings (SSSR count). The van der Waals surface area contributed by atoms with Crippen LogP contribution in [0.3, 0.4) is 0 Å². The number of hydrogen-bond acceptors (Lipinski definition) is 3. The monoisotopic (exact) mass is 421 g/mol. The van der Waals surface area contributed by atoms with Crippen LogP contribution in [0, 0.1) is 5.92 Å². The first-order valence-electron chi connectivity index (χ1n) is 8.47. The molecule has 1 aliphatic heterocycles. The smallest absolute Gasteiger partial charge is 0.252 e. The lowest BCUT2D eigenvalue weighted by Crippen LogP contribution is -2.38. The van der Waals surface area contributed by atoms with Crippen molar-refractivity contribution in [3.05, 3.63) is 63.3 Å². The van der Waals surface area contributed by atoms with Gasteiger partial charge in [0.2, 0.25) is 0 Å². The number of carbonyl (C=O) groups is 1. The predicted octanol–water partition coefficient (Wildman–Crippen LogP) is 4.14. The molecule has 1 aromatic carbocycles. The highest BCUT2D eigenvalue weighted by molar-refractivity contribution is 9.10. The molecule has 0 saturated carbocycles. The fourth-order valence-corrected chi connectivity index (χ4v) is 3.64. The minimum Gasteiger partial charge on any atom is -0.352 e. The van der Waals surface area contributed by atoms with Crippen molar-refractivity contribution in [3.63, 3.8) is 0 Å². The molecule has 4 nitrogen and oxygen atoms in total. The van der Waals surface area contributed by atoms with Gasteiger partial charge in [-0.2, -0.15) is 0 Å². The van der Waals surface area contributed by atoms with Crippen LogP contribution in [-0.4, -0.2) is 35.4 Å². The van der Waals surface area contributed by atoms with Gasteiger partial charge in [-0.15, -0.1) is 0 Å². The first-order valence-corrected chi connectivity index (χ1v) is 9.64. The minimum atomic E-state index is -0.109. The van der Waals surface area contributed by atoms with Gasteiger partial charge in [0.15, 0.2) is 0 Å². The maximum atomic E-state index is 12.3. The first-order chi connectivity index (χ1) is 12.1. The minimum absolute atomic E-state index is 0.109. The summed E-state index contributed by atoms with van der Waals surface area (Å²) in [5.74, 6) is 0.400. The molecule has 0 aliphatic carbocycles. The highest BCUT2D eigenvalue weighted by Crippen LogP contribution is 2.22. The van der Waals surface area contributed by atoms with E-state index in [0.717, 1.165) is 42.6 Å². The third-order valence-corrected chi connectivity index (χ3v) is 5.37. The van der Waals surface area contributed by atoms with E-state index in [1.807, 2.05) is 24.4 Å². The summed E-state index contributed by atoms with van der Waals surface area (Å²) in [6.45, 7) is 3.66. The van der Waals surface area contributed by atoms with E-state index in [2.05, 4.69) is 37.2 Å². The fourth-order valence-electron chi connectivity index (χ4n) is 3.07. The summed E-state index contributed by atoms with van der Waals surface area (Å²) in [6, 6.07) is 11.3. The number of likely N-dealkylation sites (tertiary alicyclic amines) is 1. The second kappa shape index (κ2) is 8.79. The van der Waals surface area contributed by atoms with Gasteiger partial charge in [0.05, 0.1) is 16.3 Å². The van der Waals surface area contributed by atoms with Crippen molar-refractivity contribution in [2.24, 2.45) is 5.92 Å². The molecule has 0 spiro atoms. The van der Waals surface area contributed by atoms with E-state index in [1.54, 1.807) is 12.1 Å². The lowest BCUT2D eigenvalue weighted by atomic mass is 9.96. The molecule has 1 aromatic heterocycles.